The quantitative estimate of drug-likeness (QED) is 0.885. The molecule has 8 heteroatoms. The fourth-order valence-corrected chi connectivity index (χ4v) is 2.47. The molecule has 0 radical (unpaired) electrons. The Balaban J connectivity index is 1.73. The summed E-state index contributed by atoms with van der Waals surface area (Å²) in [6.45, 7) is 0.888. The van der Waals surface area contributed by atoms with Crippen molar-refractivity contribution < 1.29 is 13.7 Å². The molecule has 21 heavy (non-hydrogen) atoms. The Labute approximate surface area is 128 Å². The van der Waals surface area contributed by atoms with Crippen molar-refractivity contribution in [3.05, 3.63) is 40.2 Å². The molecule has 2 aromatic rings. The number of aromatic nitrogens is 2. The summed E-state index contributed by atoms with van der Waals surface area (Å²) in [7, 11) is 0. The molecule has 1 atom stereocenters. The number of hydrogen-bond acceptors (Lipinski definition) is 5. The first-order valence-electron chi connectivity index (χ1n) is 6.47. The average molecular weight is 355 g/mol. The van der Waals surface area contributed by atoms with E-state index < -0.39 is 11.7 Å². The van der Waals surface area contributed by atoms with Gasteiger partial charge in [0.25, 0.3) is 11.7 Å². The molecule has 0 aliphatic carbocycles. The molecule has 1 amide bonds. The van der Waals surface area contributed by atoms with Crippen LogP contribution in [0.1, 0.15) is 35.4 Å². The number of halogens is 2. The summed E-state index contributed by atoms with van der Waals surface area (Å²) in [6, 6.07) is 4.34. The molecule has 6 nitrogen and oxygen atoms in total. The first kappa shape index (κ1) is 14.2. The van der Waals surface area contributed by atoms with Crippen molar-refractivity contribution in [3.63, 3.8) is 0 Å². The van der Waals surface area contributed by atoms with Crippen LogP contribution in [0.4, 0.5) is 10.1 Å². The van der Waals surface area contributed by atoms with Gasteiger partial charge in [-0.1, -0.05) is 21.1 Å². The van der Waals surface area contributed by atoms with Crippen LogP contribution in [0.2, 0.25) is 0 Å². The van der Waals surface area contributed by atoms with Gasteiger partial charge in [-0.2, -0.15) is 4.98 Å². The standard InChI is InChI=1S/C13H12BrFN4O2/c14-7-3-4-9(8(15)6-7)17-12(20)11-18-13(21-19-11)10-2-1-5-16-10/h3-4,6,10,16H,1-2,5H2,(H,17,20). The highest BCUT2D eigenvalue weighted by molar-refractivity contribution is 9.10. The van der Waals surface area contributed by atoms with Crippen LogP contribution < -0.4 is 10.6 Å². The Morgan fingerprint density at radius 2 is 2.38 bits per heavy atom. The van der Waals surface area contributed by atoms with Gasteiger partial charge < -0.3 is 15.2 Å². The number of carbonyl (C=O) groups is 1. The summed E-state index contributed by atoms with van der Waals surface area (Å²) in [6.07, 6.45) is 1.92. The van der Waals surface area contributed by atoms with Gasteiger partial charge in [0.2, 0.25) is 5.89 Å². The predicted octanol–water partition coefficient (Wildman–Crippen LogP) is 2.65. The Bertz CT molecular complexity index is 670. The zero-order valence-corrected chi connectivity index (χ0v) is 12.5. The molecule has 0 bridgehead atoms. The molecule has 1 aromatic heterocycles. The smallest absolute Gasteiger partial charge is 0.297 e. The Morgan fingerprint density at radius 3 is 3.10 bits per heavy atom. The van der Waals surface area contributed by atoms with E-state index in [0.717, 1.165) is 19.4 Å². The molecule has 110 valence electrons. The molecular formula is C13H12BrFN4O2. The van der Waals surface area contributed by atoms with Crippen molar-refractivity contribution in [3.8, 4) is 0 Å². The molecular weight excluding hydrogens is 343 g/mol. The van der Waals surface area contributed by atoms with E-state index in [0.29, 0.717) is 10.4 Å². The van der Waals surface area contributed by atoms with E-state index >= 15 is 0 Å². The van der Waals surface area contributed by atoms with Gasteiger partial charge >= 0.3 is 0 Å². The van der Waals surface area contributed by atoms with Crippen LogP contribution in [0.15, 0.2) is 27.2 Å². The van der Waals surface area contributed by atoms with Gasteiger partial charge in [0, 0.05) is 4.47 Å². The molecule has 3 rings (SSSR count). The zero-order chi connectivity index (χ0) is 14.8. The average Bonchev–Trinajstić information content (AvgIpc) is 3.10. The molecule has 1 fully saturated rings. The second kappa shape index (κ2) is 5.90. The minimum atomic E-state index is -0.607. The molecule has 1 aliphatic rings. The van der Waals surface area contributed by atoms with Crippen molar-refractivity contribution in [1.29, 1.82) is 0 Å². The highest BCUT2D eigenvalue weighted by Gasteiger charge is 2.24. The van der Waals surface area contributed by atoms with Crippen LogP contribution in [0.3, 0.4) is 0 Å². The van der Waals surface area contributed by atoms with E-state index in [-0.39, 0.29) is 17.6 Å². The number of carbonyl (C=O) groups excluding carboxylic acids is 1. The van der Waals surface area contributed by atoms with E-state index in [1.54, 1.807) is 6.07 Å². The van der Waals surface area contributed by atoms with Gasteiger partial charge in [-0.15, -0.1) is 0 Å². The number of amides is 1. The molecule has 0 saturated carbocycles. The fraction of sp³-hybridized carbons (Fsp3) is 0.308. The normalized spacial score (nSPS) is 17.9. The number of anilines is 1. The molecule has 2 heterocycles. The van der Waals surface area contributed by atoms with E-state index in [1.165, 1.54) is 12.1 Å². The zero-order valence-electron chi connectivity index (χ0n) is 10.9. The van der Waals surface area contributed by atoms with Crippen molar-refractivity contribution in [2.24, 2.45) is 0 Å². The summed E-state index contributed by atoms with van der Waals surface area (Å²) >= 11 is 3.15. The SMILES string of the molecule is O=C(Nc1ccc(Br)cc1F)c1noc(C2CCCN2)n1. The van der Waals surface area contributed by atoms with Crippen LogP contribution in [0.25, 0.3) is 0 Å². The lowest BCUT2D eigenvalue weighted by molar-refractivity contribution is 0.101. The third-order valence-electron chi connectivity index (χ3n) is 3.18. The number of nitrogens with one attached hydrogen (secondary N) is 2. The van der Waals surface area contributed by atoms with Crippen molar-refractivity contribution in [2.75, 3.05) is 11.9 Å². The molecule has 1 aliphatic heterocycles. The molecule has 1 saturated heterocycles. The Morgan fingerprint density at radius 1 is 1.52 bits per heavy atom. The Hall–Kier alpha value is -1.80. The summed E-state index contributed by atoms with van der Waals surface area (Å²) in [4.78, 5) is 16.0. The van der Waals surface area contributed by atoms with Crippen LogP contribution in [-0.4, -0.2) is 22.6 Å². The lowest BCUT2D eigenvalue weighted by atomic mass is 10.2. The fourth-order valence-electron chi connectivity index (χ4n) is 2.13. The van der Waals surface area contributed by atoms with Crippen molar-refractivity contribution in [1.82, 2.24) is 15.5 Å². The molecule has 1 aromatic carbocycles. The van der Waals surface area contributed by atoms with Gasteiger partial charge in [0.05, 0.1) is 11.7 Å². The number of rotatable bonds is 3. The van der Waals surface area contributed by atoms with Crippen molar-refractivity contribution >= 4 is 27.5 Å². The van der Waals surface area contributed by atoms with Gasteiger partial charge in [-0.25, -0.2) is 4.39 Å². The highest BCUT2D eigenvalue weighted by Crippen LogP contribution is 2.22. The number of hydrogen-bond donors (Lipinski definition) is 2. The molecule has 0 spiro atoms. The van der Waals surface area contributed by atoms with E-state index in [2.05, 4.69) is 36.7 Å². The third-order valence-corrected chi connectivity index (χ3v) is 3.68. The first-order valence-corrected chi connectivity index (χ1v) is 7.26. The summed E-state index contributed by atoms with van der Waals surface area (Å²) in [5.74, 6) is -0.877. The summed E-state index contributed by atoms with van der Waals surface area (Å²) < 4.78 is 19.3. The van der Waals surface area contributed by atoms with Gasteiger partial charge in [-0.3, -0.25) is 4.79 Å². The minimum Gasteiger partial charge on any atom is -0.337 e. The first-order chi connectivity index (χ1) is 10.1. The van der Waals surface area contributed by atoms with E-state index in [9.17, 15) is 9.18 Å². The van der Waals surface area contributed by atoms with E-state index in [1.807, 2.05) is 0 Å². The lowest BCUT2D eigenvalue weighted by Gasteiger charge is -2.04. The van der Waals surface area contributed by atoms with Gasteiger partial charge in [0.15, 0.2) is 0 Å². The van der Waals surface area contributed by atoms with Crippen molar-refractivity contribution in [2.45, 2.75) is 18.9 Å². The maximum absolute atomic E-state index is 13.7. The van der Waals surface area contributed by atoms with Gasteiger partial charge in [-0.05, 0) is 37.6 Å². The Kier molecular flexibility index (Phi) is 3.98. The topological polar surface area (TPSA) is 80.0 Å². The summed E-state index contributed by atoms with van der Waals surface area (Å²) in [5.41, 5.74) is 0.0635. The van der Waals surface area contributed by atoms with Crippen LogP contribution >= 0.6 is 15.9 Å². The van der Waals surface area contributed by atoms with Crippen LogP contribution in [0.5, 0.6) is 0 Å². The minimum absolute atomic E-state index is 0.0107. The lowest BCUT2D eigenvalue weighted by Crippen LogP contribution is -2.16. The maximum Gasteiger partial charge on any atom is 0.297 e. The second-order valence-corrected chi connectivity index (χ2v) is 5.60. The van der Waals surface area contributed by atoms with Crippen LogP contribution in [0, 0.1) is 5.82 Å². The molecule has 1 unspecified atom stereocenters. The number of benzene rings is 1. The summed E-state index contributed by atoms with van der Waals surface area (Å²) in [5, 5.41) is 9.25. The largest absolute Gasteiger partial charge is 0.337 e. The maximum atomic E-state index is 13.7. The third kappa shape index (κ3) is 3.11. The monoisotopic (exact) mass is 354 g/mol. The van der Waals surface area contributed by atoms with Gasteiger partial charge in [0.1, 0.15) is 5.82 Å². The predicted molar refractivity (Wildman–Crippen MR) is 76.3 cm³/mol. The number of nitrogens with zero attached hydrogens (tertiary/aromatic N) is 2. The second-order valence-electron chi connectivity index (χ2n) is 4.68. The molecule has 2 N–H and O–H groups in total. The van der Waals surface area contributed by atoms with Crippen LogP contribution in [-0.2, 0) is 0 Å². The van der Waals surface area contributed by atoms with E-state index in [4.69, 9.17) is 4.52 Å². The highest BCUT2D eigenvalue weighted by atomic mass is 79.9.